The van der Waals surface area contributed by atoms with E-state index >= 15 is 0 Å². The number of nitrogens with zero attached hydrogens (tertiary/aromatic N) is 3. The molecular weight excluding hydrogens is 384 g/mol. The number of hydrogen-bond donors (Lipinski definition) is 2. The van der Waals surface area contributed by atoms with Crippen molar-refractivity contribution in [1.82, 2.24) is 14.5 Å². The lowest BCUT2D eigenvalue weighted by Gasteiger charge is -2.28. The molecule has 1 aliphatic carbocycles. The van der Waals surface area contributed by atoms with Gasteiger partial charge in [-0.05, 0) is 42.9 Å². The van der Waals surface area contributed by atoms with Crippen LogP contribution in [0.25, 0.3) is 11.0 Å². The molecule has 0 amide bonds. The number of carbonyl (C=O) groups is 1. The zero-order valence-electron chi connectivity index (χ0n) is 16.7. The summed E-state index contributed by atoms with van der Waals surface area (Å²) >= 11 is 0. The lowest BCUT2D eigenvalue weighted by Crippen LogP contribution is -2.29. The Kier molecular flexibility index (Phi) is 5.39. The third-order valence-electron chi connectivity index (χ3n) is 5.67. The van der Waals surface area contributed by atoms with Gasteiger partial charge in [-0.3, -0.25) is 4.79 Å². The second-order valence-corrected chi connectivity index (χ2v) is 7.82. The van der Waals surface area contributed by atoms with Crippen LogP contribution in [0.5, 0.6) is 6.01 Å². The number of rotatable bonds is 5. The number of aromatic carboxylic acids is 1. The monoisotopic (exact) mass is 408 g/mol. The third-order valence-corrected chi connectivity index (χ3v) is 5.67. The van der Waals surface area contributed by atoms with Crippen molar-refractivity contribution in [2.24, 2.45) is 5.92 Å². The molecule has 0 spiro atoms. The van der Waals surface area contributed by atoms with Gasteiger partial charge < -0.3 is 20.1 Å². The molecule has 8 heteroatoms. The van der Waals surface area contributed by atoms with Crippen molar-refractivity contribution in [3.8, 4) is 6.01 Å². The maximum atomic E-state index is 12.4. The summed E-state index contributed by atoms with van der Waals surface area (Å²) in [6.45, 7) is 2.55. The van der Waals surface area contributed by atoms with Crippen LogP contribution in [0.15, 0.2) is 41.3 Å². The fourth-order valence-corrected chi connectivity index (χ4v) is 3.92. The number of benzene rings is 1. The van der Waals surface area contributed by atoms with Crippen molar-refractivity contribution in [2.75, 3.05) is 5.73 Å². The van der Waals surface area contributed by atoms with Gasteiger partial charge in [0.25, 0.3) is 0 Å². The molecule has 1 saturated carbocycles. The van der Waals surface area contributed by atoms with E-state index in [0.717, 1.165) is 24.8 Å². The van der Waals surface area contributed by atoms with Crippen molar-refractivity contribution in [2.45, 2.75) is 45.3 Å². The van der Waals surface area contributed by atoms with Gasteiger partial charge in [-0.2, -0.15) is 9.97 Å². The Morgan fingerprint density at radius 3 is 2.63 bits per heavy atom. The molecule has 0 unspecified atom stereocenters. The van der Waals surface area contributed by atoms with Crippen LogP contribution in [0, 0.1) is 5.92 Å². The van der Waals surface area contributed by atoms with Gasteiger partial charge in [0.05, 0.1) is 5.56 Å². The quantitative estimate of drug-likeness (QED) is 0.665. The molecule has 30 heavy (non-hydrogen) atoms. The summed E-state index contributed by atoms with van der Waals surface area (Å²) in [4.78, 5) is 32.2. The Bertz CT molecular complexity index is 1140. The second kappa shape index (κ2) is 8.14. The van der Waals surface area contributed by atoms with Crippen LogP contribution in [0.3, 0.4) is 0 Å². The van der Waals surface area contributed by atoms with E-state index in [4.69, 9.17) is 15.6 Å². The average molecular weight is 408 g/mol. The number of carboxylic acids is 1. The lowest BCUT2D eigenvalue weighted by molar-refractivity contribution is 0.0697. The lowest BCUT2D eigenvalue weighted by atomic mass is 9.88. The molecule has 0 aliphatic heterocycles. The van der Waals surface area contributed by atoms with Gasteiger partial charge in [0, 0.05) is 18.8 Å². The van der Waals surface area contributed by atoms with Gasteiger partial charge in [0.1, 0.15) is 17.3 Å². The van der Waals surface area contributed by atoms with E-state index < -0.39 is 5.97 Å². The van der Waals surface area contributed by atoms with E-state index in [1.807, 2.05) is 0 Å². The van der Waals surface area contributed by atoms with Gasteiger partial charge in [-0.1, -0.05) is 25.5 Å². The van der Waals surface area contributed by atoms with Crippen molar-refractivity contribution >= 4 is 22.8 Å². The largest absolute Gasteiger partial charge is 0.478 e. The molecule has 4 rings (SSSR count). The summed E-state index contributed by atoms with van der Waals surface area (Å²) in [6.07, 6.45) is 6.03. The molecule has 1 aliphatic rings. The maximum Gasteiger partial charge on any atom is 0.335 e. The smallest absolute Gasteiger partial charge is 0.335 e. The predicted molar refractivity (Wildman–Crippen MR) is 113 cm³/mol. The molecule has 0 radical (unpaired) electrons. The van der Waals surface area contributed by atoms with Gasteiger partial charge in [-0.15, -0.1) is 0 Å². The highest BCUT2D eigenvalue weighted by Crippen LogP contribution is 2.28. The number of nitrogens with two attached hydrogens (primary N) is 1. The number of fused-ring (bicyclic) bond motifs is 1. The zero-order chi connectivity index (χ0) is 21.3. The van der Waals surface area contributed by atoms with Crippen molar-refractivity contribution < 1.29 is 14.6 Å². The predicted octanol–water partition coefficient (Wildman–Crippen LogP) is 3.08. The van der Waals surface area contributed by atoms with Crippen LogP contribution in [0.4, 0.5) is 5.82 Å². The van der Waals surface area contributed by atoms with E-state index in [-0.39, 0.29) is 34.3 Å². The molecule has 1 fully saturated rings. The first kappa shape index (κ1) is 19.9. The fraction of sp³-hybridized carbons (Fsp3) is 0.364. The van der Waals surface area contributed by atoms with Crippen molar-refractivity contribution in [3.63, 3.8) is 0 Å². The highest BCUT2D eigenvalue weighted by Gasteiger charge is 2.24. The van der Waals surface area contributed by atoms with Crippen molar-refractivity contribution in [3.05, 3.63) is 57.9 Å². The number of anilines is 1. The topological polar surface area (TPSA) is 120 Å². The van der Waals surface area contributed by atoms with E-state index in [2.05, 4.69) is 16.9 Å². The highest BCUT2D eigenvalue weighted by atomic mass is 16.5. The first-order valence-electron chi connectivity index (χ1n) is 10.1. The van der Waals surface area contributed by atoms with Crippen LogP contribution < -0.4 is 15.9 Å². The minimum atomic E-state index is -0.977. The SMILES string of the molecule is C[C@H]1CCCC[C@H]1Oc1nc(N)c2c(=O)ccn(Cc3ccc(C(=O)O)cc3)c2n1. The van der Waals surface area contributed by atoms with Crippen LogP contribution >= 0.6 is 0 Å². The third kappa shape index (κ3) is 3.98. The molecule has 1 aromatic carbocycles. The summed E-state index contributed by atoms with van der Waals surface area (Å²) in [6, 6.07) is 8.17. The molecular formula is C22H24N4O4. The van der Waals surface area contributed by atoms with E-state index in [1.54, 1.807) is 35.0 Å². The number of aromatic nitrogens is 3. The molecule has 156 valence electrons. The maximum absolute atomic E-state index is 12.4. The number of carboxylic acid groups (broad SMARTS) is 1. The normalized spacial score (nSPS) is 19.0. The van der Waals surface area contributed by atoms with Gasteiger partial charge in [-0.25, -0.2) is 4.79 Å². The standard InChI is InChI=1S/C22H24N4O4/c1-13-4-2-3-5-17(13)30-22-24-19(23)18-16(27)10-11-26(20(18)25-22)12-14-6-8-15(9-7-14)21(28)29/h6-11,13,17H,2-5,12H2,1H3,(H,28,29)(H2,23,24,25)/t13-,17+/m0/s1. The van der Waals surface area contributed by atoms with E-state index in [9.17, 15) is 9.59 Å². The Hall–Kier alpha value is -3.42. The number of pyridine rings is 1. The highest BCUT2D eigenvalue weighted by molar-refractivity contribution is 5.87. The Morgan fingerprint density at radius 2 is 1.93 bits per heavy atom. The van der Waals surface area contributed by atoms with Crippen LogP contribution in [0.1, 0.15) is 48.5 Å². The molecule has 0 bridgehead atoms. The van der Waals surface area contributed by atoms with Gasteiger partial charge >= 0.3 is 12.0 Å². The molecule has 0 saturated heterocycles. The number of nitrogen functional groups attached to an aromatic ring is 1. The number of ether oxygens (including phenoxy) is 1. The van der Waals surface area contributed by atoms with E-state index in [1.165, 1.54) is 12.5 Å². The summed E-state index contributed by atoms with van der Waals surface area (Å²) in [7, 11) is 0. The molecule has 2 atom stereocenters. The molecule has 2 aromatic heterocycles. The van der Waals surface area contributed by atoms with Crippen LogP contribution in [-0.2, 0) is 6.54 Å². The minimum Gasteiger partial charge on any atom is -0.478 e. The summed E-state index contributed by atoms with van der Waals surface area (Å²) in [5.74, 6) is -0.473. The van der Waals surface area contributed by atoms with Gasteiger partial charge in [0.15, 0.2) is 11.1 Å². The molecule has 2 heterocycles. The van der Waals surface area contributed by atoms with Crippen molar-refractivity contribution in [1.29, 1.82) is 0 Å². The first-order chi connectivity index (χ1) is 14.4. The molecule has 3 aromatic rings. The summed E-state index contributed by atoms with van der Waals surface area (Å²) in [5.41, 5.74) is 7.33. The second-order valence-electron chi connectivity index (χ2n) is 7.82. The Morgan fingerprint density at radius 1 is 1.20 bits per heavy atom. The Labute approximate surface area is 173 Å². The fourth-order valence-electron chi connectivity index (χ4n) is 3.92. The summed E-state index contributed by atoms with van der Waals surface area (Å²) < 4.78 is 7.85. The van der Waals surface area contributed by atoms with Gasteiger partial charge in [0.2, 0.25) is 0 Å². The minimum absolute atomic E-state index is 0.0306. The number of hydrogen-bond acceptors (Lipinski definition) is 6. The molecule has 3 N–H and O–H groups in total. The van der Waals surface area contributed by atoms with Crippen LogP contribution in [0.2, 0.25) is 0 Å². The van der Waals surface area contributed by atoms with Crippen LogP contribution in [-0.4, -0.2) is 31.7 Å². The zero-order valence-corrected chi connectivity index (χ0v) is 16.7. The van der Waals surface area contributed by atoms with E-state index in [0.29, 0.717) is 18.1 Å². The Balaban J connectivity index is 1.70. The molecule has 8 nitrogen and oxygen atoms in total. The average Bonchev–Trinajstić information content (AvgIpc) is 2.72. The summed E-state index contributed by atoms with van der Waals surface area (Å²) in [5, 5.41) is 9.32. The first-order valence-corrected chi connectivity index (χ1v) is 10.1.